The maximum Gasteiger partial charge on any atom is 0.270 e. The van der Waals surface area contributed by atoms with Crippen LogP contribution in [0.3, 0.4) is 0 Å². The molecular formula is C21H19N5O2. The van der Waals surface area contributed by atoms with E-state index >= 15 is 0 Å². The van der Waals surface area contributed by atoms with Gasteiger partial charge in [0.1, 0.15) is 5.69 Å². The fraction of sp³-hybridized carbons (Fsp3) is 0.190. The van der Waals surface area contributed by atoms with Gasteiger partial charge in [-0.05, 0) is 44.0 Å². The molecule has 0 unspecified atom stereocenters. The molecule has 0 radical (unpaired) electrons. The Morgan fingerprint density at radius 1 is 0.964 bits per heavy atom. The lowest BCUT2D eigenvalue weighted by Crippen LogP contribution is -2.26. The Hall–Kier alpha value is -3.61. The molecule has 0 aromatic carbocycles. The molecule has 1 aliphatic rings. The summed E-state index contributed by atoms with van der Waals surface area (Å²) in [6, 6.07) is 9.01. The highest BCUT2D eigenvalue weighted by atomic mass is 16.2. The molecular weight excluding hydrogens is 354 g/mol. The van der Waals surface area contributed by atoms with Gasteiger partial charge in [0.15, 0.2) is 0 Å². The van der Waals surface area contributed by atoms with Crippen molar-refractivity contribution < 1.29 is 9.59 Å². The van der Waals surface area contributed by atoms with Crippen LogP contribution < -0.4 is 10.6 Å². The van der Waals surface area contributed by atoms with Crippen LogP contribution in [0.2, 0.25) is 0 Å². The second-order valence-electron chi connectivity index (χ2n) is 6.78. The molecule has 7 nitrogen and oxygen atoms in total. The first kappa shape index (κ1) is 17.8. The minimum absolute atomic E-state index is 0.233. The van der Waals surface area contributed by atoms with Crippen molar-refractivity contribution in [2.24, 2.45) is 0 Å². The van der Waals surface area contributed by atoms with Crippen LogP contribution in [0.1, 0.15) is 39.4 Å². The van der Waals surface area contributed by atoms with E-state index in [0.717, 1.165) is 29.7 Å². The normalized spacial score (nSPS) is 13.0. The first-order valence-corrected chi connectivity index (χ1v) is 9.05. The third-order valence-electron chi connectivity index (χ3n) is 4.41. The van der Waals surface area contributed by atoms with Gasteiger partial charge in [-0.1, -0.05) is 6.07 Å². The highest BCUT2D eigenvalue weighted by Gasteiger charge is 2.24. The number of carbonyl (C=O) groups excluding carboxylic acids is 2. The Morgan fingerprint density at radius 2 is 1.82 bits per heavy atom. The van der Waals surface area contributed by atoms with Crippen molar-refractivity contribution in [1.82, 2.24) is 20.3 Å². The van der Waals surface area contributed by atoms with E-state index in [2.05, 4.69) is 25.6 Å². The second kappa shape index (κ2) is 7.56. The van der Waals surface area contributed by atoms with Crippen LogP contribution in [0.25, 0.3) is 11.1 Å². The van der Waals surface area contributed by atoms with Gasteiger partial charge in [-0.25, -0.2) is 0 Å². The lowest BCUT2D eigenvalue weighted by Gasteiger charge is -2.08. The topological polar surface area (TPSA) is 96.9 Å². The maximum atomic E-state index is 12.6. The zero-order valence-corrected chi connectivity index (χ0v) is 15.3. The van der Waals surface area contributed by atoms with Crippen molar-refractivity contribution in [3.63, 3.8) is 0 Å². The molecule has 0 aliphatic heterocycles. The van der Waals surface area contributed by atoms with Gasteiger partial charge in [0, 0.05) is 47.0 Å². The van der Waals surface area contributed by atoms with E-state index in [0.29, 0.717) is 11.3 Å². The fourth-order valence-corrected chi connectivity index (χ4v) is 2.69. The average molecular weight is 373 g/mol. The lowest BCUT2D eigenvalue weighted by molar-refractivity contribution is 0.0946. The van der Waals surface area contributed by atoms with Gasteiger partial charge < -0.3 is 10.6 Å². The second-order valence-corrected chi connectivity index (χ2v) is 6.78. The molecule has 1 fully saturated rings. The summed E-state index contributed by atoms with van der Waals surface area (Å²) in [5.41, 5.74) is 3.85. The van der Waals surface area contributed by atoms with Gasteiger partial charge >= 0.3 is 0 Å². The minimum atomic E-state index is -0.330. The van der Waals surface area contributed by atoms with E-state index in [1.165, 1.54) is 12.3 Å². The Balaban J connectivity index is 1.50. The number of aromatic nitrogens is 3. The SMILES string of the molecule is Cc1ccc(-c2cncc(NC(=O)c3ccnc(C(=O)NC4CC4)c3)c2)cn1. The summed E-state index contributed by atoms with van der Waals surface area (Å²) in [4.78, 5) is 37.3. The molecule has 0 spiro atoms. The number of anilines is 1. The maximum absolute atomic E-state index is 12.6. The van der Waals surface area contributed by atoms with E-state index < -0.39 is 0 Å². The number of rotatable bonds is 5. The summed E-state index contributed by atoms with van der Waals surface area (Å²) >= 11 is 0. The van der Waals surface area contributed by atoms with Crippen LogP contribution in [0, 0.1) is 6.92 Å². The van der Waals surface area contributed by atoms with E-state index in [-0.39, 0.29) is 23.6 Å². The predicted molar refractivity (Wildman–Crippen MR) is 105 cm³/mol. The predicted octanol–water partition coefficient (Wildman–Crippen LogP) is 2.99. The van der Waals surface area contributed by atoms with Crippen LogP contribution in [0.4, 0.5) is 5.69 Å². The number of nitrogens with one attached hydrogen (secondary N) is 2. The molecule has 140 valence electrons. The number of aryl methyl sites for hydroxylation is 1. The number of carbonyl (C=O) groups is 2. The molecule has 28 heavy (non-hydrogen) atoms. The quantitative estimate of drug-likeness (QED) is 0.717. The largest absolute Gasteiger partial charge is 0.348 e. The monoisotopic (exact) mass is 373 g/mol. The molecule has 3 aromatic rings. The van der Waals surface area contributed by atoms with Gasteiger partial charge in [0.05, 0.1) is 11.9 Å². The third kappa shape index (κ3) is 4.20. The molecule has 0 atom stereocenters. The first-order chi connectivity index (χ1) is 13.6. The van der Waals surface area contributed by atoms with Gasteiger partial charge in [-0.2, -0.15) is 0 Å². The number of pyridine rings is 3. The summed E-state index contributed by atoms with van der Waals surface area (Å²) in [5, 5.41) is 5.68. The number of hydrogen-bond acceptors (Lipinski definition) is 5. The molecule has 1 aliphatic carbocycles. The van der Waals surface area contributed by atoms with E-state index in [1.54, 1.807) is 24.7 Å². The Labute approximate surface area is 162 Å². The Bertz CT molecular complexity index is 1030. The summed E-state index contributed by atoms with van der Waals surface area (Å²) in [7, 11) is 0. The molecule has 1 saturated carbocycles. The van der Waals surface area contributed by atoms with E-state index in [4.69, 9.17) is 0 Å². The van der Waals surface area contributed by atoms with Crippen LogP contribution in [-0.2, 0) is 0 Å². The zero-order valence-electron chi connectivity index (χ0n) is 15.3. The first-order valence-electron chi connectivity index (χ1n) is 9.05. The summed E-state index contributed by atoms with van der Waals surface area (Å²) in [6.07, 6.45) is 8.51. The van der Waals surface area contributed by atoms with Crippen LogP contribution >= 0.6 is 0 Å². The molecule has 3 heterocycles. The number of hydrogen-bond donors (Lipinski definition) is 2. The Kier molecular flexibility index (Phi) is 4.80. The third-order valence-corrected chi connectivity index (χ3v) is 4.41. The summed E-state index contributed by atoms with van der Waals surface area (Å²) < 4.78 is 0. The van der Waals surface area contributed by atoms with E-state index in [9.17, 15) is 9.59 Å². The summed E-state index contributed by atoms with van der Waals surface area (Å²) in [5.74, 6) is -0.587. The van der Waals surface area contributed by atoms with Gasteiger partial charge in [0.25, 0.3) is 11.8 Å². The van der Waals surface area contributed by atoms with Crippen molar-refractivity contribution >= 4 is 17.5 Å². The van der Waals surface area contributed by atoms with Crippen molar-refractivity contribution in [2.45, 2.75) is 25.8 Å². The average Bonchev–Trinajstić information content (AvgIpc) is 3.53. The van der Waals surface area contributed by atoms with Crippen LogP contribution in [0.5, 0.6) is 0 Å². The molecule has 3 aromatic heterocycles. The highest BCUT2D eigenvalue weighted by molar-refractivity contribution is 6.05. The van der Waals surface area contributed by atoms with Gasteiger partial charge in [-0.15, -0.1) is 0 Å². The summed E-state index contributed by atoms with van der Waals surface area (Å²) in [6.45, 7) is 1.92. The molecule has 7 heteroatoms. The fourth-order valence-electron chi connectivity index (χ4n) is 2.69. The van der Waals surface area contributed by atoms with Gasteiger partial charge in [-0.3, -0.25) is 24.5 Å². The van der Waals surface area contributed by atoms with Crippen molar-refractivity contribution in [1.29, 1.82) is 0 Å². The lowest BCUT2D eigenvalue weighted by atomic mass is 10.1. The Morgan fingerprint density at radius 3 is 2.57 bits per heavy atom. The molecule has 0 bridgehead atoms. The van der Waals surface area contributed by atoms with Crippen LogP contribution in [0.15, 0.2) is 55.1 Å². The van der Waals surface area contributed by atoms with Gasteiger partial charge in [0.2, 0.25) is 0 Å². The van der Waals surface area contributed by atoms with Crippen molar-refractivity contribution in [3.8, 4) is 11.1 Å². The number of amides is 2. The smallest absolute Gasteiger partial charge is 0.270 e. The molecule has 2 amide bonds. The molecule has 0 saturated heterocycles. The standard InChI is InChI=1S/C21H19N5O2/c1-13-2-3-15(11-24-13)16-8-18(12-22-10-16)26-20(27)14-6-7-23-19(9-14)21(28)25-17-4-5-17/h2-3,6-12,17H,4-5H2,1H3,(H,25,28)(H,26,27). The van der Waals surface area contributed by atoms with Crippen molar-refractivity contribution in [3.05, 3.63) is 72.1 Å². The molecule has 4 rings (SSSR count). The molecule has 2 N–H and O–H groups in total. The highest BCUT2D eigenvalue weighted by Crippen LogP contribution is 2.22. The number of nitrogens with zero attached hydrogens (tertiary/aromatic N) is 3. The van der Waals surface area contributed by atoms with Crippen LogP contribution in [-0.4, -0.2) is 32.8 Å². The van der Waals surface area contributed by atoms with Crippen molar-refractivity contribution in [2.75, 3.05) is 5.32 Å². The minimum Gasteiger partial charge on any atom is -0.348 e. The van der Waals surface area contributed by atoms with E-state index in [1.807, 2.05) is 25.1 Å². The zero-order chi connectivity index (χ0) is 19.5.